The van der Waals surface area contributed by atoms with Gasteiger partial charge in [-0.1, -0.05) is 6.92 Å². The molecule has 1 N–H and O–H groups in total. The molecular formula is C19H31N3O4. The van der Waals surface area contributed by atoms with Crippen molar-refractivity contribution in [3.63, 3.8) is 0 Å². The van der Waals surface area contributed by atoms with Crippen molar-refractivity contribution in [3.05, 3.63) is 17.0 Å². The zero-order chi connectivity index (χ0) is 18.9. The fourth-order valence-corrected chi connectivity index (χ4v) is 3.93. The first kappa shape index (κ1) is 19.3. The maximum absolute atomic E-state index is 13.4. The summed E-state index contributed by atoms with van der Waals surface area (Å²) in [4.78, 5) is 15.3. The number of fused-ring (bicyclic) bond motifs is 1. The highest BCUT2D eigenvalue weighted by Crippen LogP contribution is 2.34. The minimum Gasteiger partial charge on any atom is -0.396 e. The van der Waals surface area contributed by atoms with Crippen molar-refractivity contribution in [2.24, 2.45) is 5.41 Å². The number of aliphatic hydroxyl groups is 1. The van der Waals surface area contributed by atoms with E-state index in [9.17, 15) is 9.90 Å². The molecule has 7 heteroatoms. The number of methoxy groups -OCH3 is 1. The number of carbonyl (C=O) groups is 1. The third-order valence-corrected chi connectivity index (χ3v) is 5.74. The maximum Gasteiger partial charge on any atom is 0.272 e. The molecule has 2 atom stereocenters. The largest absolute Gasteiger partial charge is 0.396 e. The van der Waals surface area contributed by atoms with Crippen molar-refractivity contribution >= 4 is 5.91 Å². The van der Waals surface area contributed by atoms with Crippen molar-refractivity contribution in [1.29, 1.82) is 0 Å². The number of carbonyl (C=O) groups excluding carboxylic acids is 1. The number of likely N-dealkylation sites (tertiary alicyclic amines) is 1. The summed E-state index contributed by atoms with van der Waals surface area (Å²) in [7, 11) is 1.65. The van der Waals surface area contributed by atoms with Crippen LogP contribution < -0.4 is 0 Å². The average molecular weight is 365 g/mol. The van der Waals surface area contributed by atoms with Crippen LogP contribution >= 0.6 is 0 Å². The van der Waals surface area contributed by atoms with Crippen LogP contribution in [-0.4, -0.2) is 65.2 Å². The SMILES string of the molecule is COCCn1nc2c(c1C(=O)N1CCC(C)(CO)CC1)C[C@H](C)O[C@@H]2C. The molecule has 3 heterocycles. The molecule has 1 amide bonds. The second kappa shape index (κ2) is 7.66. The van der Waals surface area contributed by atoms with Gasteiger partial charge in [-0.25, -0.2) is 0 Å². The Morgan fingerprint density at radius 1 is 1.38 bits per heavy atom. The van der Waals surface area contributed by atoms with E-state index in [0.29, 0.717) is 38.4 Å². The number of aliphatic hydroxyl groups excluding tert-OH is 1. The Morgan fingerprint density at radius 2 is 2.08 bits per heavy atom. The summed E-state index contributed by atoms with van der Waals surface area (Å²) in [6, 6.07) is 0. The van der Waals surface area contributed by atoms with Crippen LogP contribution in [0, 0.1) is 5.41 Å². The molecule has 1 saturated heterocycles. The highest BCUT2D eigenvalue weighted by molar-refractivity contribution is 5.94. The monoisotopic (exact) mass is 365 g/mol. The molecule has 1 aromatic rings. The van der Waals surface area contributed by atoms with E-state index < -0.39 is 0 Å². The third kappa shape index (κ3) is 3.66. The molecule has 3 rings (SSSR count). The van der Waals surface area contributed by atoms with Crippen LogP contribution in [0.3, 0.4) is 0 Å². The van der Waals surface area contributed by atoms with Crippen molar-refractivity contribution in [2.45, 2.75) is 58.8 Å². The zero-order valence-electron chi connectivity index (χ0n) is 16.3. The van der Waals surface area contributed by atoms with E-state index in [0.717, 1.165) is 24.1 Å². The Morgan fingerprint density at radius 3 is 2.69 bits per heavy atom. The molecule has 2 aliphatic rings. The summed E-state index contributed by atoms with van der Waals surface area (Å²) < 4.78 is 12.9. The third-order valence-electron chi connectivity index (χ3n) is 5.74. The number of hydrogen-bond acceptors (Lipinski definition) is 5. The normalized spacial score (nSPS) is 25.2. The summed E-state index contributed by atoms with van der Waals surface area (Å²) in [5, 5.41) is 14.3. The lowest BCUT2D eigenvalue weighted by Crippen LogP contribution is -2.44. The molecule has 2 aliphatic heterocycles. The van der Waals surface area contributed by atoms with Gasteiger partial charge in [-0.15, -0.1) is 0 Å². The predicted molar refractivity (Wildman–Crippen MR) is 97.1 cm³/mol. The van der Waals surface area contributed by atoms with E-state index in [-0.39, 0.29) is 30.1 Å². The lowest BCUT2D eigenvalue weighted by molar-refractivity contribution is -0.00724. The van der Waals surface area contributed by atoms with Crippen LogP contribution in [0.1, 0.15) is 61.5 Å². The van der Waals surface area contributed by atoms with Crippen LogP contribution in [0.25, 0.3) is 0 Å². The van der Waals surface area contributed by atoms with Gasteiger partial charge in [0, 0.05) is 38.8 Å². The van der Waals surface area contributed by atoms with Gasteiger partial charge in [-0.3, -0.25) is 9.48 Å². The Bertz CT molecular complexity index is 649. The smallest absolute Gasteiger partial charge is 0.272 e. The molecule has 0 saturated carbocycles. The number of hydrogen-bond donors (Lipinski definition) is 1. The number of rotatable bonds is 5. The Balaban J connectivity index is 1.89. The molecule has 26 heavy (non-hydrogen) atoms. The first-order chi connectivity index (χ1) is 12.4. The van der Waals surface area contributed by atoms with Crippen molar-refractivity contribution in [2.75, 3.05) is 33.4 Å². The van der Waals surface area contributed by atoms with Gasteiger partial charge in [0.15, 0.2) is 0 Å². The van der Waals surface area contributed by atoms with Gasteiger partial charge >= 0.3 is 0 Å². The van der Waals surface area contributed by atoms with E-state index in [2.05, 4.69) is 12.0 Å². The number of piperidine rings is 1. The first-order valence-electron chi connectivity index (χ1n) is 9.52. The molecule has 0 spiro atoms. The number of amides is 1. The van der Waals surface area contributed by atoms with Crippen LogP contribution in [0.15, 0.2) is 0 Å². The van der Waals surface area contributed by atoms with E-state index in [4.69, 9.17) is 9.47 Å². The highest BCUT2D eigenvalue weighted by Gasteiger charge is 2.36. The number of aromatic nitrogens is 2. The van der Waals surface area contributed by atoms with Gasteiger partial charge in [0.1, 0.15) is 5.69 Å². The Hall–Kier alpha value is -1.44. The summed E-state index contributed by atoms with van der Waals surface area (Å²) in [6.45, 7) is 8.67. The molecule has 1 aromatic heterocycles. The molecule has 7 nitrogen and oxygen atoms in total. The van der Waals surface area contributed by atoms with Crippen LogP contribution in [0.5, 0.6) is 0 Å². The Labute approximate surface area is 155 Å². The summed E-state index contributed by atoms with van der Waals surface area (Å²) in [5.41, 5.74) is 2.50. The lowest BCUT2D eigenvalue weighted by Gasteiger charge is -2.38. The highest BCUT2D eigenvalue weighted by atomic mass is 16.5. The topological polar surface area (TPSA) is 76.8 Å². The molecule has 0 unspecified atom stereocenters. The van der Waals surface area contributed by atoms with E-state index in [1.807, 2.05) is 18.7 Å². The molecular weight excluding hydrogens is 334 g/mol. The van der Waals surface area contributed by atoms with Gasteiger partial charge in [-0.2, -0.15) is 5.10 Å². The second-order valence-electron chi connectivity index (χ2n) is 7.98. The first-order valence-corrected chi connectivity index (χ1v) is 9.52. The second-order valence-corrected chi connectivity index (χ2v) is 7.98. The van der Waals surface area contributed by atoms with Crippen molar-refractivity contribution < 1.29 is 19.4 Å². The molecule has 146 valence electrons. The van der Waals surface area contributed by atoms with Gasteiger partial charge in [-0.05, 0) is 32.1 Å². The van der Waals surface area contributed by atoms with E-state index in [1.54, 1.807) is 11.8 Å². The molecule has 0 radical (unpaired) electrons. The minimum atomic E-state index is -0.108. The minimum absolute atomic E-state index is 0.0381. The maximum atomic E-state index is 13.4. The van der Waals surface area contributed by atoms with Crippen LogP contribution in [-0.2, 0) is 22.4 Å². The zero-order valence-corrected chi connectivity index (χ0v) is 16.3. The van der Waals surface area contributed by atoms with E-state index in [1.165, 1.54) is 0 Å². The van der Waals surface area contributed by atoms with Crippen LogP contribution in [0.4, 0.5) is 0 Å². The molecule has 1 fully saturated rings. The van der Waals surface area contributed by atoms with Crippen LogP contribution in [0.2, 0.25) is 0 Å². The summed E-state index contributed by atoms with van der Waals surface area (Å²) in [6.07, 6.45) is 2.31. The van der Waals surface area contributed by atoms with Gasteiger partial charge in [0.2, 0.25) is 0 Å². The predicted octanol–water partition coefficient (Wildman–Crippen LogP) is 1.79. The van der Waals surface area contributed by atoms with E-state index >= 15 is 0 Å². The van der Waals surface area contributed by atoms with Gasteiger partial charge in [0.25, 0.3) is 5.91 Å². The fourth-order valence-electron chi connectivity index (χ4n) is 3.93. The molecule has 0 aliphatic carbocycles. The standard InChI is InChI=1S/C19H31N3O4/c1-13-11-15-16(14(2)26-13)20-22(9-10-25-4)17(15)18(24)21-7-5-19(3,12-23)6-8-21/h13-14,23H,5-12H2,1-4H3/t13-,14+/m0/s1. The number of ether oxygens (including phenoxy) is 2. The summed E-state index contributed by atoms with van der Waals surface area (Å²) >= 11 is 0. The summed E-state index contributed by atoms with van der Waals surface area (Å²) in [5.74, 6) is 0.0381. The van der Waals surface area contributed by atoms with Gasteiger partial charge < -0.3 is 19.5 Å². The Kier molecular flexibility index (Phi) is 5.69. The van der Waals surface area contributed by atoms with Gasteiger partial charge in [0.05, 0.1) is 31.1 Å². The van der Waals surface area contributed by atoms with Crippen molar-refractivity contribution in [3.8, 4) is 0 Å². The molecule has 0 bridgehead atoms. The molecule has 0 aromatic carbocycles. The average Bonchev–Trinajstić information content (AvgIpc) is 2.98. The quantitative estimate of drug-likeness (QED) is 0.861. The number of nitrogens with zero attached hydrogens (tertiary/aromatic N) is 3. The fraction of sp³-hybridized carbons (Fsp3) is 0.789. The van der Waals surface area contributed by atoms with Crippen molar-refractivity contribution in [1.82, 2.24) is 14.7 Å². The lowest BCUT2D eigenvalue weighted by atomic mass is 9.81.